The van der Waals surface area contributed by atoms with Crippen LogP contribution in [0.15, 0.2) is 199 Å². The van der Waals surface area contributed by atoms with E-state index in [1.54, 1.807) is 0 Å². The molecule has 0 aromatic heterocycles. The molecule has 2 nitrogen and oxygen atoms in total. The van der Waals surface area contributed by atoms with Crippen molar-refractivity contribution >= 4 is 33.1 Å². The molecule has 0 unspecified atom stereocenters. The van der Waals surface area contributed by atoms with Crippen LogP contribution in [-0.4, -0.2) is 5.84 Å². The zero-order chi connectivity index (χ0) is 33.7. The SMILES string of the molecule is NC(=N/C(=C\Cc1ccccc1)c1ccccc1)c1cccc(-c2c3ccccc3c(-c3ccc(-c4ccccc4)cc3)c3ccccc23)c1. The third-order valence-corrected chi connectivity index (χ3v) is 9.34. The molecule has 8 aromatic carbocycles. The molecular weight excluding hydrogens is 605 g/mol. The molecule has 0 aliphatic carbocycles. The van der Waals surface area contributed by atoms with Gasteiger partial charge in [-0.2, -0.15) is 0 Å². The lowest BCUT2D eigenvalue weighted by Gasteiger charge is -2.18. The molecule has 0 fully saturated rings. The smallest absolute Gasteiger partial charge is 0.131 e. The molecule has 0 saturated heterocycles. The molecule has 0 aliphatic heterocycles. The van der Waals surface area contributed by atoms with Gasteiger partial charge in [-0.15, -0.1) is 0 Å². The predicted octanol–water partition coefficient (Wildman–Crippen LogP) is 12.0. The second-order valence-electron chi connectivity index (χ2n) is 12.5. The van der Waals surface area contributed by atoms with Crippen molar-refractivity contribution in [1.82, 2.24) is 0 Å². The number of aliphatic imine (C=N–C) groups is 1. The van der Waals surface area contributed by atoms with Gasteiger partial charge in [0, 0.05) is 5.56 Å². The maximum absolute atomic E-state index is 6.84. The maximum atomic E-state index is 6.84. The summed E-state index contributed by atoms with van der Waals surface area (Å²) in [6.45, 7) is 0. The zero-order valence-electron chi connectivity index (χ0n) is 27.7. The Morgan fingerprint density at radius 1 is 0.420 bits per heavy atom. The molecule has 0 atom stereocenters. The van der Waals surface area contributed by atoms with Gasteiger partial charge in [0.2, 0.25) is 0 Å². The molecule has 0 radical (unpaired) electrons. The molecule has 2 N–H and O–H groups in total. The van der Waals surface area contributed by atoms with Crippen LogP contribution in [0.1, 0.15) is 16.7 Å². The van der Waals surface area contributed by atoms with Gasteiger partial charge in [-0.25, -0.2) is 4.99 Å². The van der Waals surface area contributed by atoms with Gasteiger partial charge in [0.1, 0.15) is 5.84 Å². The van der Waals surface area contributed by atoms with Gasteiger partial charge in [-0.3, -0.25) is 0 Å². The summed E-state index contributed by atoms with van der Waals surface area (Å²) in [7, 11) is 0. The first-order valence-corrected chi connectivity index (χ1v) is 17.1. The Kier molecular flexibility index (Phi) is 8.57. The van der Waals surface area contributed by atoms with Crippen molar-refractivity contribution < 1.29 is 0 Å². The van der Waals surface area contributed by atoms with E-state index >= 15 is 0 Å². The molecule has 0 saturated carbocycles. The zero-order valence-corrected chi connectivity index (χ0v) is 27.7. The van der Waals surface area contributed by atoms with Gasteiger partial charge in [0.05, 0.1) is 5.70 Å². The third kappa shape index (κ3) is 6.23. The number of hydrogen-bond acceptors (Lipinski definition) is 1. The second kappa shape index (κ2) is 13.9. The summed E-state index contributed by atoms with van der Waals surface area (Å²) in [5.74, 6) is 0.485. The van der Waals surface area contributed by atoms with Crippen molar-refractivity contribution in [1.29, 1.82) is 0 Å². The molecule has 50 heavy (non-hydrogen) atoms. The molecule has 238 valence electrons. The molecular formula is C48H36N2. The summed E-state index contributed by atoms with van der Waals surface area (Å²) in [6, 6.07) is 66.2. The fraction of sp³-hybridized carbons (Fsp3) is 0.0208. The van der Waals surface area contributed by atoms with Crippen LogP contribution in [0.4, 0.5) is 0 Å². The summed E-state index contributed by atoms with van der Waals surface area (Å²) in [5.41, 5.74) is 18.0. The van der Waals surface area contributed by atoms with Crippen molar-refractivity contribution in [2.75, 3.05) is 0 Å². The summed E-state index contributed by atoms with van der Waals surface area (Å²) in [5, 5.41) is 4.84. The highest BCUT2D eigenvalue weighted by atomic mass is 14.9. The first-order valence-electron chi connectivity index (χ1n) is 17.1. The molecule has 2 heteroatoms. The van der Waals surface area contributed by atoms with Gasteiger partial charge in [-0.1, -0.05) is 188 Å². The largest absolute Gasteiger partial charge is 0.383 e. The first kappa shape index (κ1) is 30.8. The second-order valence-corrected chi connectivity index (χ2v) is 12.5. The molecule has 0 bridgehead atoms. The van der Waals surface area contributed by atoms with Crippen molar-refractivity contribution in [2.24, 2.45) is 10.7 Å². The third-order valence-electron chi connectivity index (χ3n) is 9.34. The van der Waals surface area contributed by atoms with Crippen molar-refractivity contribution in [3.05, 3.63) is 211 Å². The van der Waals surface area contributed by atoms with Gasteiger partial charge in [-0.05, 0) is 78.5 Å². The molecule has 8 aromatic rings. The standard InChI is InChI=1S/C48H36N2/c49-48(50-45(37-19-8-3-9-20-37)32-27-34-15-4-1-5-16-34)40-22-14-21-39(33-40)47-43-25-12-10-23-41(43)46(42-24-11-13-26-44(42)47)38-30-28-36(29-31-38)35-17-6-2-7-18-35/h1-26,28-33H,27H2,(H2,49,50)/b45-32-. The van der Waals surface area contributed by atoms with Crippen LogP contribution in [0.25, 0.3) is 60.6 Å². The number of rotatable bonds is 8. The lowest BCUT2D eigenvalue weighted by atomic mass is 9.85. The Bertz CT molecular complexity index is 2420. The Morgan fingerprint density at radius 2 is 0.860 bits per heavy atom. The lowest BCUT2D eigenvalue weighted by molar-refractivity contribution is 1.26. The van der Waals surface area contributed by atoms with E-state index in [1.807, 2.05) is 24.3 Å². The van der Waals surface area contributed by atoms with Crippen LogP contribution in [-0.2, 0) is 6.42 Å². The monoisotopic (exact) mass is 640 g/mol. The van der Waals surface area contributed by atoms with E-state index in [0.717, 1.165) is 28.8 Å². The molecule has 0 spiro atoms. The van der Waals surface area contributed by atoms with Gasteiger partial charge in [0.15, 0.2) is 0 Å². The number of nitrogens with two attached hydrogens (primary N) is 1. The minimum atomic E-state index is 0.485. The number of nitrogens with zero attached hydrogens (tertiary/aromatic N) is 1. The number of hydrogen-bond donors (Lipinski definition) is 1. The summed E-state index contributed by atoms with van der Waals surface area (Å²) in [4.78, 5) is 5.03. The van der Waals surface area contributed by atoms with Crippen LogP contribution in [0.2, 0.25) is 0 Å². The Hall–Kier alpha value is -6.51. The quantitative estimate of drug-likeness (QED) is 0.100. The normalized spacial score (nSPS) is 12.0. The molecule has 0 heterocycles. The average Bonchev–Trinajstić information content (AvgIpc) is 3.19. The minimum Gasteiger partial charge on any atom is -0.383 e. The highest BCUT2D eigenvalue weighted by Gasteiger charge is 2.17. The average molecular weight is 641 g/mol. The van der Waals surface area contributed by atoms with E-state index in [2.05, 4.69) is 170 Å². The maximum Gasteiger partial charge on any atom is 0.131 e. The summed E-state index contributed by atoms with van der Waals surface area (Å²) in [6.07, 6.45) is 2.93. The van der Waals surface area contributed by atoms with Crippen LogP contribution >= 0.6 is 0 Å². The van der Waals surface area contributed by atoms with Gasteiger partial charge in [0.25, 0.3) is 0 Å². The number of benzene rings is 8. The van der Waals surface area contributed by atoms with E-state index in [1.165, 1.54) is 54.9 Å². The Balaban J connectivity index is 1.23. The molecule has 0 amide bonds. The number of allylic oxidation sites excluding steroid dienone is 1. The minimum absolute atomic E-state index is 0.485. The van der Waals surface area contributed by atoms with E-state index in [0.29, 0.717) is 5.84 Å². The van der Waals surface area contributed by atoms with E-state index in [9.17, 15) is 0 Å². The summed E-state index contributed by atoms with van der Waals surface area (Å²) >= 11 is 0. The van der Waals surface area contributed by atoms with E-state index in [4.69, 9.17) is 10.7 Å². The first-order chi connectivity index (χ1) is 24.7. The van der Waals surface area contributed by atoms with E-state index < -0.39 is 0 Å². The number of fused-ring (bicyclic) bond motifs is 2. The Labute approximate surface area is 293 Å². The van der Waals surface area contributed by atoms with Crippen molar-refractivity contribution in [3.63, 3.8) is 0 Å². The highest BCUT2D eigenvalue weighted by molar-refractivity contribution is 6.21. The lowest BCUT2D eigenvalue weighted by Crippen LogP contribution is -2.13. The highest BCUT2D eigenvalue weighted by Crippen LogP contribution is 2.44. The van der Waals surface area contributed by atoms with Gasteiger partial charge < -0.3 is 5.73 Å². The van der Waals surface area contributed by atoms with Crippen LogP contribution in [0.5, 0.6) is 0 Å². The van der Waals surface area contributed by atoms with Gasteiger partial charge >= 0.3 is 0 Å². The van der Waals surface area contributed by atoms with Crippen LogP contribution < -0.4 is 5.73 Å². The predicted molar refractivity (Wildman–Crippen MR) is 213 cm³/mol. The topological polar surface area (TPSA) is 38.4 Å². The van der Waals surface area contributed by atoms with Crippen LogP contribution in [0.3, 0.4) is 0 Å². The van der Waals surface area contributed by atoms with E-state index in [-0.39, 0.29) is 0 Å². The molecule has 8 rings (SSSR count). The summed E-state index contributed by atoms with van der Waals surface area (Å²) < 4.78 is 0. The Morgan fingerprint density at radius 3 is 1.46 bits per heavy atom. The number of amidine groups is 1. The fourth-order valence-electron chi connectivity index (χ4n) is 6.90. The fourth-order valence-corrected chi connectivity index (χ4v) is 6.90. The van der Waals surface area contributed by atoms with Crippen molar-refractivity contribution in [3.8, 4) is 33.4 Å². The molecule has 0 aliphatic rings. The van der Waals surface area contributed by atoms with Crippen LogP contribution in [0, 0.1) is 0 Å². The van der Waals surface area contributed by atoms with Crippen molar-refractivity contribution in [2.45, 2.75) is 6.42 Å².